The minimum atomic E-state index is -0.165. The number of para-hydroxylation sites is 3. The van der Waals surface area contributed by atoms with E-state index in [4.69, 9.17) is 19.4 Å². The first kappa shape index (κ1) is 36.8. The molecule has 6 heteroatoms. The normalized spacial score (nSPS) is 13.1. The Balaban J connectivity index is 0.993. The van der Waals surface area contributed by atoms with Crippen molar-refractivity contribution in [3.05, 3.63) is 211 Å². The smallest absolute Gasteiger partial charge is 0.238 e. The van der Waals surface area contributed by atoms with Crippen LogP contribution in [0.1, 0.15) is 25.0 Å². The third-order valence-corrected chi connectivity index (χ3v) is 14.0. The molecule has 0 N–H and O–H groups in total. The third-order valence-electron chi connectivity index (χ3n) is 14.0. The van der Waals surface area contributed by atoms with Crippen LogP contribution in [-0.4, -0.2) is 24.1 Å². The van der Waals surface area contributed by atoms with Crippen LogP contribution in [0.25, 0.3) is 122 Å². The van der Waals surface area contributed by atoms with Crippen LogP contribution in [0.4, 0.5) is 0 Å². The molecule has 13 aromatic rings. The molecule has 310 valence electrons. The van der Waals surface area contributed by atoms with E-state index in [1.165, 1.54) is 44.1 Å². The highest BCUT2D eigenvalue weighted by molar-refractivity contribution is 6.15. The topological polar surface area (TPSA) is 61.7 Å². The number of nitrogens with zero attached hydrogens (tertiary/aromatic N) is 5. The molecule has 0 amide bonds. The van der Waals surface area contributed by atoms with Gasteiger partial charge in [-0.2, -0.15) is 9.97 Å². The Morgan fingerprint density at radius 2 is 1.03 bits per heavy atom. The Morgan fingerprint density at radius 3 is 1.88 bits per heavy atom. The Morgan fingerprint density at radius 1 is 0.394 bits per heavy atom. The molecule has 0 fully saturated rings. The lowest BCUT2D eigenvalue weighted by molar-refractivity contribution is 0.666. The van der Waals surface area contributed by atoms with Crippen molar-refractivity contribution < 1.29 is 4.42 Å². The monoisotopic (exact) mass is 845 g/mol. The lowest BCUT2D eigenvalue weighted by Crippen LogP contribution is -2.15. The minimum absolute atomic E-state index is 0.165. The summed E-state index contributed by atoms with van der Waals surface area (Å²) < 4.78 is 11.0. The van der Waals surface area contributed by atoms with E-state index < -0.39 is 0 Å². The largest absolute Gasteiger partial charge is 0.456 e. The molecule has 0 saturated heterocycles. The van der Waals surface area contributed by atoms with Gasteiger partial charge in [-0.25, -0.2) is 4.98 Å². The molecule has 0 aliphatic heterocycles. The van der Waals surface area contributed by atoms with Crippen LogP contribution >= 0.6 is 0 Å². The minimum Gasteiger partial charge on any atom is -0.456 e. The van der Waals surface area contributed by atoms with E-state index in [-0.39, 0.29) is 5.41 Å². The van der Waals surface area contributed by atoms with Gasteiger partial charge >= 0.3 is 0 Å². The van der Waals surface area contributed by atoms with E-state index in [9.17, 15) is 0 Å². The predicted octanol–water partition coefficient (Wildman–Crippen LogP) is 15.3. The van der Waals surface area contributed by atoms with Gasteiger partial charge in [-0.1, -0.05) is 153 Å². The molecule has 4 heterocycles. The molecule has 0 unspecified atom stereocenters. The van der Waals surface area contributed by atoms with Crippen LogP contribution in [0.2, 0.25) is 0 Å². The Kier molecular flexibility index (Phi) is 7.64. The van der Waals surface area contributed by atoms with Gasteiger partial charge in [0, 0.05) is 54.5 Å². The number of aromatic nitrogens is 5. The van der Waals surface area contributed by atoms with Gasteiger partial charge in [0.05, 0.1) is 22.1 Å². The number of hydrogen-bond donors (Lipinski definition) is 0. The summed E-state index contributed by atoms with van der Waals surface area (Å²) in [6.07, 6.45) is 0. The summed E-state index contributed by atoms with van der Waals surface area (Å²) in [5, 5.41) is 6.92. The van der Waals surface area contributed by atoms with E-state index >= 15 is 0 Å². The second-order valence-electron chi connectivity index (χ2n) is 18.0. The fourth-order valence-electron chi connectivity index (χ4n) is 11.0. The molecular formula is C60H39N5O. The van der Waals surface area contributed by atoms with Crippen molar-refractivity contribution in [2.45, 2.75) is 19.3 Å². The van der Waals surface area contributed by atoms with Gasteiger partial charge in [-0.05, 0) is 94.0 Å². The highest BCUT2D eigenvalue weighted by Gasteiger charge is 2.38. The van der Waals surface area contributed by atoms with Crippen LogP contribution in [0, 0.1) is 0 Å². The van der Waals surface area contributed by atoms with Gasteiger partial charge in [0.15, 0.2) is 11.6 Å². The standard InChI is InChI=1S/C60H39N5O/c1-60(2)48-23-10-6-19-41(48)45-30-32-52-55(56(45)60)46-22-8-12-25-50(46)64(52)40-18-14-17-38(33-40)57-61-58(39-27-29-44-43-21-9-13-26-53(43)66-54(44)35-39)63-59(62-57)65-49-24-11-7-20-42(49)47-34-37(28-31-51(47)65)36-15-4-3-5-16-36/h3-35H,1-2H3. The predicted molar refractivity (Wildman–Crippen MR) is 270 cm³/mol. The molecule has 0 spiro atoms. The van der Waals surface area contributed by atoms with E-state index in [2.05, 4.69) is 205 Å². The van der Waals surface area contributed by atoms with Crippen molar-refractivity contribution in [1.29, 1.82) is 0 Å². The van der Waals surface area contributed by atoms with Crippen LogP contribution in [0.5, 0.6) is 0 Å². The van der Waals surface area contributed by atoms with Crippen molar-refractivity contribution >= 4 is 65.6 Å². The maximum Gasteiger partial charge on any atom is 0.238 e. The van der Waals surface area contributed by atoms with Gasteiger partial charge in [-0.15, -0.1) is 0 Å². The first-order chi connectivity index (χ1) is 32.5. The molecule has 1 aliphatic rings. The first-order valence-electron chi connectivity index (χ1n) is 22.5. The maximum absolute atomic E-state index is 6.40. The van der Waals surface area contributed by atoms with Gasteiger partial charge < -0.3 is 8.98 Å². The summed E-state index contributed by atoms with van der Waals surface area (Å²) in [4.78, 5) is 16.0. The summed E-state index contributed by atoms with van der Waals surface area (Å²) >= 11 is 0. The molecule has 0 bridgehead atoms. The van der Waals surface area contributed by atoms with Crippen LogP contribution < -0.4 is 0 Å². The summed E-state index contributed by atoms with van der Waals surface area (Å²) in [6, 6.07) is 71.1. The Bertz CT molecular complexity index is 4150. The molecule has 6 nitrogen and oxygen atoms in total. The third kappa shape index (κ3) is 5.27. The van der Waals surface area contributed by atoms with Crippen molar-refractivity contribution in [2.75, 3.05) is 0 Å². The molecular weight excluding hydrogens is 807 g/mol. The maximum atomic E-state index is 6.40. The molecule has 14 rings (SSSR count). The van der Waals surface area contributed by atoms with Gasteiger partial charge in [0.25, 0.3) is 0 Å². The Labute approximate surface area is 379 Å². The van der Waals surface area contributed by atoms with Crippen molar-refractivity contribution in [2.24, 2.45) is 0 Å². The fourth-order valence-corrected chi connectivity index (χ4v) is 11.0. The van der Waals surface area contributed by atoms with E-state index in [1.807, 2.05) is 18.2 Å². The molecule has 9 aromatic carbocycles. The van der Waals surface area contributed by atoms with Crippen molar-refractivity contribution in [3.63, 3.8) is 0 Å². The SMILES string of the molecule is CC1(C)c2ccccc2-c2ccc3c(c21)c1ccccc1n3-c1cccc(-c2nc(-c3ccc4c(c3)oc3ccccc34)nc(-n3c4ccccc4c4cc(-c5ccccc5)ccc43)n2)c1. The second kappa shape index (κ2) is 13.7. The zero-order valence-electron chi connectivity index (χ0n) is 36.2. The number of fused-ring (bicyclic) bond motifs is 13. The first-order valence-corrected chi connectivity index (χ1v) is 22.5. The number of furan rings is 1. The van der Waals surface area contributed by atoms with E-state index in [1.54, 1.807) is 0 Å². The lowest BCUT2D eigenvalue weighted by atomic mass is 9.80. The summed E-state index contributed by atoms with van der Waals surface area (Å²) in [7, 11) is 0. The van der Waals surface area contributed by atoms with E-state index in [0.29, 0.717) is 17.6 Å². The highest BCUT2D eigenvalue weighted by atomic mass is 16.3. The molecule has 1 aliphatic carbocycles. The van der Waals surface area contributed by atoms with Gasteiger partial charge in [-0.3, -0.25) is 4.57 Å². The molecule has 4 aromatic heterocycles. The van der Waals surface area contributed by atoms with Crippen LogP contribution in [0.3, 0.4) is 0 Å². The summed E-state index contributed by atoms with van der Waals surface area (Å²) in [6.45, 7) is 4.73. The Hall–Kier alpha value is -8.61. The number of hydrogen-bond acceptors (Lipinski definition) is 4. The van der Waals surface area contributed by atoms with Crippen molar-refractivity contribution in [1.82, 2.24) is 24.1 Å². The average molecular weight is 846 g/mol. The average Bonchev–Trinajstić information content (AvgIpc) is 4.08. The van der Waals surface area contributed by atoms with Crippen molar-refractivity contribution in [3.8, 4) is 56.7 Å². The highest BCUT2D eigenvalue weighted by Crippen LogP contribution is 2.53. The molecule has 0 saturated carbocycles. The lowest BCUT2D eigenvalue weighted by Gasteiger charge is -2.22. The fraction of sp³-hybridized carbons (Fsp3) is 0.0500. The molecule has 0 radical (unpaired) electrons. The second-order valence-corrected chi connectivity index (χ2v) is 18.0. The van der Waals surface area contributed by atoms with Crippen LogP contribution in [0.15, 0.2) is 205 Å². The summed E-state index contributed by atoms with van der Waals surface area (Å²) in [5.41, 5.74) is 16.3. The zero-order valence-corrected chi connectivity index (χ0v) is 36.2. The number of rotatable bonds is 5. The summed E-state index contributed by atoms with van der Waals surface area (Å²) in [5.74, 6) is 1.67. The number of benzene rings is 9. The van der Waals surface area contributed by atoms with E-state index in [0.717, 1.165) is 71.6 Å². The van der Waals surface area contributed by atoms with Gasteiger partial charge in [0.2, 0.25) is 5.95 Å². The molecule has 66 heavy (non-hydrogen) atoms. The van der Waals surface area contributed by atoms with Gasteiger partial charge in [0.1, 0.15) is 11.2 Å². The zero-order chi connectivity index (χ0) is 43.7. The van der Waals surface area contributed by atoms with Crippen LogP contribution in [-0.2, 0) is 5.41 Å². The molecule has 0 atom stereocenters. The quantitative estimate of drug-likeness (QED) is 0.173.